The van der Waals surface area contributed by atoms with Crippen molar-refractivity contribution in [2.75, 3.05) is 5.75 Å². The molecule has 2 nitrogen and oxygen atoms in total. The minimum Gasteiger partial charge on any atom is -0.392 e. The summed E-state index contributed by atoms with van der Waals surface area (Å²) in [6.07, 6.45) is 3.10. The summed E-state index contributed by atoms with van der Waals surface area (Å²) in [5.41, 5.74) is 5.40. The van der Waals surface area contributed by atoms with E-state index in [9.17, 15) is 4.21 Å². The molecule has 0 aromatic carbocycles. The standard InChI is InChI=1S/C6H11NOS2/c7-6(9)5-3-1-2-4-10(5)8/h5H,1-4H2,(H2,7,9)/t5-,10-/m1/s1. The summed E-state index contributed by atoms with van der Waals surface area (Å²) in [4.78, 5) is 0.429. The lowest BCUT2D eigenvalue weighted by molar-refractivity contribution is 0.644. The fourth-order valence-corrected chi connectivity index (χ4v) is 3.02. The summed E-state index contributed by atoms with van der Waals surface area (Å²) in [6, 6.07) is 0. The molecule has 1 saturated heterocycles. The van der Waals surface area contributed by atoms with Gasteiger partial charge in [0.05, 0.1) is 10.2 Å². The third-order valence-corrected chi connectivity index (χ3v) is 3.95. The van der Waals surface area contributed by atoms with Gasteiger partial charge in [0, 0.05) is 16.6 Å². The maximum Gasteiger partial charge on any atom is 0.0885 e. The van der Waals surface area contributed by atoms with Crippen LogP contribution >= 0.6 is 12.2 Å². The summed E-state index contributed by atoms with van der Waals surface area (Å²) in [5.74, 6) is 0.780. The molecule has 4 heteroatoms. The van der Waals surface area contributed by atoms with Crippen molar-refractivity contribution in [2.24, 2.45) is 5.73 Å². The van der Waals surface area contributed by atoms with Gasteiger partial charge < -0.3 is 5.73 Å². The van der Waals surface area contributed by atoms with Gasteiger partial charge in [-0.1, -0.05) is 18.6 Å². The van der Waals surface area contributed by atoms with E-state index in [2.05, 4.69) is 0 Å². The van der Waals surface area contributed by atoms with Gasteiger partial charge in [-0.2, -0.15) is 0 Å². The summed E-state index contributed by atoms with van der Waals surface area (Å²) < 4.78 is 11.2. The number of thiocarbonyl (C=S) groups is 1. The monoisotopic (exact) mass is 177 g/mol. The predicted octanol–water partition coefficient (Wildman–Crippen LogP) is 0.574. The maximum atomic E-state index is 11.2. The molecule has 0 spiro atoms. The van der Waals surface area contributed by atoms with Crippen LogP contribution in [0.2, 0.25) is 0 Å². The Morgan fingerprint density at radius 1 is 1.60 bits per heavy atom. The molecule has 0 radical (unpaired) electrons. The van der Waals surface area contributed by atoms with Crippen LogP contribution in [-0.4, -0.2) is 20.2 Å². The summed E-state index contributed by atoms with van der Waals surface area (Å²) in [6.45, 7) is 0. The molecule has 0 unspecified atom stereocenters. The lowest BCUT2D eigenvalue weighted by Gasteiger charge is -2.19. The number of hydrogen-bond acceptors (Lipinski definition) is 2. The average Bonchev–Trinajstić information content (AvgIpc) is 1.88. The largest absolute Gasteiger partial charge is 0.392 e. The Hall–Kier alpha value is 0.0400. The molecule has 1 heterocycles. The molecule has 1 fully saturated rings. The van der Waals surface area contributed by atoms with Crippen LogP contribution in [0.4, 0.5) is 0 Å². The van der Waals surface area contributed by atoms with E-state index in [0.29, 0.717) is 4.99 Å². The fraction of sp³-hybridized carbons (Fsp3) is 0.833. The zero-order valence-electron chi connectivity index (χ0n) is 5.71. The number of rotatable bonds is 1. The first-order valence-electron chi connectivity index (χ1n) is 3.38. The van der Waals surface area contributed by atoms with Crippen molar-refractivity contribution in [1.82, 2.24) is 0 Å². The highest BCUT2D eigenvalue weighted by atomic mass is 32.2. The highest BCUT2D eigenvalue weighted by Gasteiger charge is 2.22. The second-order valence-electron chi connectivity index (χ2n) is 2.47. The topological polar surface area (TPSA) is 43.1 Å². The van der Waals surface area contributed by atoms with Crippen molar-refractivity contribution >= 4 is 28.0 Å². The first kappa shape index (κ1) is 8.14. The Bertz CT molecular complexity index is 169. The van der Waals surface area contributed by atoms with Gasteiger partial charge in [0.2, 0.25) is 0 Å². The van der Waals surface area contributed by atoms with Crippen LogP contribution in [0.1, 0.15) is 19.3 Å². The molecule has 0 aliphatic carbocycles. The van der Waals surface area contributed by atoms with E-state index in [1.807, 2.05) is 0 Å². The van der Waals surface area contributed by atoms with Gasteiger partial charge in [-0.3, -0.25) is 4.21 Å². The van der Waals surface area contributed by atoms with E-state index in [1.165, 1.54) is 0 Å². The van der Waals surface area contributed by atoms with Crippen LogP contribution in [0.3, 0.4) is 0 Å². The highest BCUT2D eigenvalue weighted by molar-refractivity contribution is 7.89. The minimum absolute atomic E-state index is 0.00347. The first-order valence-corrected chi connectivity index (χ1v) is 5.17. The second-order valence-corrected chi connectivity index (χ2v) is 4.68. The first-order chi connectivity index (χ1) is 4.72. The molecule has 0 aromatic heterocycles. The van der Waals surface area contributed by atoms with Gasteiger partial charge in [0.1, 0.15) is 0 Å². The summed E-state index contributed by atoms with van der Waals surface area (Å²) in [5, 5.41) is 0.00347. The Kier molecular flexibility index (Phi) is 2.80. The Labute approximate surface area is 68.6 Å². The third-order valence-electron chi connectivity index (χ3n) is 1.70. The van der Waals surface area contributed by atoms with E-state index in [0.717, 1.165) is 25.0 Å². The number of hydrogen-bond donors (Lipinski definition) is 1. The smallest absolute Gasteiger partial charge is 0.0885 e. The van der Waals surface area contributed by atoms with Crippen LogP contribution < -0.4 is 5.73 Å². The minimum atomic E-state index is -0.774. The zero-order valence-corrected chi connectivity index (χ0v) is 7.34. The van der Waals surface area contributed by atoms with Crippen molar-refractivity contribution in [1.29, 1.82) is 0 Å². The molecule has 0 saturated carbocycles. The SMILES string of the molecule is NC(=S)[C@H]1CCCC[S@]1=O. The van der Waals surface area contributed by atoms with Crippen LogP contribution in [0.25, 0.3) is 0 Å². The van der Waals surface area contributed by atoms with E-state index in [-0.39, 0.29) is 5.25 Å². The van der Waals surface area contributed by atoms with Gasteiger partial charge in [0.15, 0.2) is 0 Å². The lowest BCUT2D eigenvalue weighted by atomic mass is 10.2. The van der Waals surface area contributed by atoms with Gasteiger partial charge in [-0.25, -0.2) is 0 Å². The summed E-state index contributed by atoms with van der Waals surface area (Å²) >= 11 is 4.78. The van der Waals surface area contributed by atoms with Crippen molar-refractivity contribution < 1.29 is 4.21 Å². The molecule has 58 valence electrons. The van der Waals surface area contributed by atoms with Crippen molar-refractivity contribution in [3.05, 3.63) is 0 Å². The lowest BCUT2D eigenvalue weighted by Crippen LogP contribution is -2.34. The Morgan fingerprint density at radius 3 is 2.70 bits per heavy atom. The van der Waals surface area contributed by atoms with Crippen LogP contribution in [0, 0.1) is 0 Å². The highest BCUT2D eigenvalue weighted by Crippen LogP contribution is 2.15. The molecule has 0 bridgehead atoms. The van der Waals surface area contributed by atoms with Gasteiger partial charge in [0.25, 0.3) is 0 Å². The van der Waals surface area contributed by atoms with E-state index < -0.39 is 10.8 Å². The summed E-state index contributed by atoms with van der Waals surface area (Å²) in [7, 11) is -0.774. The van der Waals surface area contributed by atoms with Crippen LogP contribution in [0.5, 0.6) is 0 Å². The number of nitrogens with two attached hydrogens (primary N) is 1. The van der Waals surface area contributed by atoms with Crippen molar-refractivity contribution in [2.45, 2.75) is 24.5 Å². The molecule has 10 heavy (non-hydrogen) atoms. The molecule has 1 aliphatic rings. The quantitative estimate of drug-likeness (QED) is 0.596. The molecule has 2 N–H and O–H groups in total. The second kappa shape index (κ2) is 3.44. The third kappa shape index (κ3) is 1.76. The van der Waals surface area contributed by atoms with E-state index in [1.54, 1.807) is 0 Å². The fourth-order valence-electron chi connectivity index (χ4n) is 1.12. The van der Waals surface area contributed by atoms with Gasteiger partial charge in [-0.15, -0.1) is 0 Å². The average molecular weight is 177 g/mol. The molecular weight excluding hydrogens is 166 g/mol. The molecule has 2 atom stereocenters. The molecular formula is C6H11NOS2. The van der Waals surface area contributed by atoms with Crippen LogP contribution in [0.15, 0.2) is 0 Å². The zero-order chi connectivity index (χ0) is 7.56. The molecule has 0 aromatic rings. The van der Waals surface area contributed by atoms with Gasteiger partial charge >= 0.3 is 0 Å². The maximum absolute atomic E-state index is 11.2. The predicted molar refractivity (Wildman–Crippen MR) is 47.4 cm³/mol. The molecule has 0 amide bonds. The normalized spacial score (nSPS) is 33.6. The van der Waals surface area contributed by atoms with Crippen molar-refractivity contribution in [3.63, 3.8) is 0 Å². The Morgan fingerprint density at radius 2 is 2.30 bits per heavy atom. The molecule has 1 rings (SSSR count). The molecule has 1 aliphatic heterocycles. The van der Waals surface area contributed by atoms with Crippen molar-refractivity contribution in [3.8, 4) is 0 Å². The van der Waals surface area contributed by atoms with Crippen LogP contribution in [-0.2, 0) is 10.8 Å². The van der Waals surface area contributed by atoms with E-state index in [4.69, 9.17) is 18.0 Å². The van der Waals surface area contributed by atoms with Gasteiger partial charge in [-0.05, 0) is 12.8 Å². The van der Waals surface area contributed by atoms with E-state index >= 15 is 0 Å². The Balaban J connectivity index is 2.56.